The predicted octanol–water partition coefficient (Wildman–Crippen LogP) is 3.89. The number of nitrogens with zero attached hydrogens (tertiary/aromatic N) is 2. The third-order valence-electron chi connectivity index (χ3n) is 4.82. The summed E-state index contributed by atoms with van der Waals surface area (Å²) in [4.78, 5) is 39.1. The van der Waals surface area contributed by atoms with E-state index in [1.807, 2.05) is 0 Å². The molecule has 0 aromatic heterocycles. The van der Waals surface area contributed by atoms with E-state index in [9.17, 15) is 23.2 Å². The quantitative estimate of drug-likeness (QED) is 0.666. The number of rotatable bonds is 6. The summed E-state index contributed by atoms with van der Waals surface area (Å²) in [5, 5.41) is -0.0369. The van der Waals surface area contributed by atoms with Gasteiger partial charge in [-0.25, -0.2) is 13.6 Å². The fourth-order valence-corrected chi connectivity index (χ4v) is 3.36. The molecule has 0 spiro atoms. The summed E-state index contributed by atoms with van der Waals surface area (Å²) in [5.41, 5.74) is 1.93. The van der Waals surface area contributed by atoms with Gasteiger partial charge in [-0.2, -0.15) is 0 Å². The lowest BCUT2D eigenvalue weighted by molar-refractivity contribution is -0.142. The lowest BCUT2D eigenvalue weighted by Gasteiger charge is -2.32. The largest absolute Gasteiger partial charge is 0.333 e. The van der Waals surface area contributed by atoms with Gasteiger partial charge in [0.05, 0.1) is 5.02 Å². The average Bonchev–Trinajstić information content (AvgIpc) is 2.66. The van der Waals surface area contributed by atoms with Crippen LogP contribution in [0.2, 0.25) is 5.02 Å². The van der Waals surface area contributed by atoms with Crippen molar-refractivity contribution in [2.75, 3.05) is 13.1 Å². The molecular formula is C21H19ClF2N2O3. The maximum Gasteiger partial charge on any atom is 0.333 e. The maximum atomic E-state index is 13.4. The van der Waals surface area contributed by atoms with E-state index in [2.05, 4.69) is 0 Å². The monoisotopic (exact) mass is 420 g/mol. The van der Waals surface area contributed by atoms with Crippen molar-refractivity contribution in [3.8, 4) is 0 Å². The van der Waals surface area contributed by atoms with Crippen LogP contribution in [0, 0.1) is 18.6 Å². The van der Waals surface area contributed by atoms with Gasteiger partial charge in [-0.05, 0) is 54.7 Å². The van der Waals surface area contributed by atoms with Crippen LogP contribution in [0.5, 0.6) is 0 Å². The number of barbiturate groups is 1. The first kappa shape index (κ1) is 20.9. The van der Waals surface area contributed by atoms with Gasteiger partial charge in [0.1, 0.15) is 18.1 Å². The van der Waals surface area contributed by atoms with E-state index in [0.717, 1.165) is 15.4 Å². The average molecular weight is 421 g/mol. The van der Waals surface area contributed by atoms with Crippen molar-refractivity contribution in [1.29, 1.82) is 0 Å². The minimum Gasteiger partial charge on any atom is -0.274 e. The SMILES string of the molecule is Cc1cc(CCN2C(=O)CC(=O)N(CCc3ccc(F)c(Cl)c3)C2=O)ccc1F. The summed E-state index contributed by atoms with van der Waals surface area (Å²) in [6, 6.07) is 8.11. The highest BCUT2D eigenvalue weighted by Gasteiger charge is 2.37. The number of hydrogen-bond donors (Lipinski definition) is 0. The van der Waals surface area contributed by atoms with Gasteiger partial charge in [0.25, 0.3) is 0 Å². The first-order valence-corrected chi connectivity index (χ1v) is 9.47. The predicted molar refractivity (Wildman–Crippen MR) is 103 cm³/mol. The van der Waals surface area contributed by atoms with Crippen molar-refractivity contribution in [2.24, 2.45) is 0 Å². The van der Waals surface area contributed by atoms with Crippen molar-refractivity contribution in [1.82, 2.24) is 9.80 Å². The van der Waals surface area contributed by atoms with Crippen LogP contribution >= 0.6 is 11.6 Å². The van der Waals surface area contributed by atoms with Gasteiger partial charge < -0.3 is 0 Å². The van der Waals surface area contributed by atoms with Crippen molar-refractivity contribution in [3.63, 3.8) is 0 Å². The van der Waals surface area contributed by atoms with Gasteiger partial charge in [-0.15, -0.1) is 0 Å². The number of carbonyl (C=O) groups is 3. The summed E-state index contributed by atoms with van der Waals surface area (Å²) >= 11 is 5.76. The van der Waals surface area contributed by atoms with Crippen LogP contribution in [0.4, 0.5) is 13.6 Å². The molecule has 0 N–H and O–H groups in total. The Bertz CT molecular complexity index is 905. The number of imide groups is 2. The second kappa shape index (κ2) is 8.69. The van der Waals surface area contributed by atoms with E-state index in [4.69, 9.17) is 11.6 Å². The van der Waals surface area contributed by atoms with Crippen molar-refractivity contribution >= 4 is 29.4 Å². The van der Waals surface area contributed by atoms with Crippen LogP contribution in [0.3, 0.4) is 0 Å². The molecule has 8 heteroatoms. The second-order valence-electron chi connectivity index (χ2n) is 6.88. The number of benzene rings is 2. The first-order valence-electron chi connectivity index (χ1n) is 9.10. The van der Waals surface area contributed by atoms with E-state index in [1.54, 1.807) is 19.1 Å². The topological polar surface area (TPSA) is 57.7 Å². The van der Waals surface area contributed by atoms with Crippen LogP contribution in [0.25, 0.3) is 0 Å². The van der Waals surface area contributed by atoms with E-state index in [-0.39, 0.29) is 30.4 Å². The summed E-state index contributed by atoms with van der Waals surface area (Å²) in [6.07, 6.45) is 0.253. The molecule has 0 bridgehead atoms. The molecule has 1 saturated heterocycles. The van der Waals surface area contributed by atoms with Crippen LogP contribution in [-0.2, 0) is 22.4 Å². The fraction of sp³-hybridized carbons (Fsp3) is 0.286. The molecule has 1 heterocycles. The Labute approximate surface area is 171 Å². The standard InChI is InChI=1S/C21H19ClF2N2O3/c1-13-10-14(2-4-17(13)23)6-8-25-19(27)12-20(28)26(21(25)29)9-7-15-3-5-18(24)16(22)11-15/h2-5,10-11H,6-9,12H2,1H3. The molecular weight excluding hydrogens is 402 g/mol. The number of carbonyl (C=O) groups excluding carboxylic acids is 3. The number of hydrogen-bond acceptors (Lipinski definition) is 3. The molecule has 0 radical (unpaired) electrons. The Morgan fingerprint density at radius 2 is 1.38 bits per heavy atom. The van der Waals surface area contributed by atoms with Gasteiger partial charge in [-0.3, -0.25) is 19.4 Å². The van der Waals surface area contributed by atoms with Gasteiger partial charge in [-0.1, -0.05) is 29.8 Å². The molecule has 2 aromatic rings. The summed E-state index contributed by atoms with van der Waals surface area (Å²) in [5.74, 6) is -1.99. The normalized spacial score (nSPS) is 14.7. The number of urea groups is 1. The minimum absolute atomic E-state index is 0.0369. The summed E-state index contributed by atoms with van der Waals surface area (Å²) in [6.45, 7) is 1.78. The molecule has 5 nitrogen and oxygen atoms in total. The van der Waals surface area contributed by atoms with Crippen LogP contribution in [-0.4, -0.2) is 40.7 Å². The number of amides is 4. The molecule has 1 aliphatic rings. The first-order chi connectivity index (χ1) is 13.8. The van der Waals surface area contributed by atoms with Gasteiger partial charge in [0.2, 0.25) is 11.8 Å². The zero-order valence-corrected chi connectivity index (χ0v) is 16.5. The zero-order chi connectivity index (χ0) is 21.1. The van der Waals surface area contributed by atoms with Crippen LogP contribution in [0.1, 0.15) is 23.1 Å². The second-order valence-corrected chi connectivity index (χ2v) is 7.29. The van der Waals surface area contributed by atoms with E-state index in [0.29, 0.717) is 17.5 Å². The molecule has 3 rings (SSSR count). The maximum absolute atomic E-state index is 13.4. The zero-order valence-electron chi connectivity index (χ0n) is 15.8. The third kappa shape index (κ3) is 4.79. The molecule has 0 atom stereocenters. The number of aryl methyl sites for hydroxylation is 1. The third-order valence-corrected chi connectivity index (χ3v) is 5.11. The highest BCUT2D eigenvalue weighted by molar-refractivity contribution is 6.30. The molecule has 1 aliphatic heterocycles. The number of halogens is 3. The molecule has 4 amide bonds. The van der Waals surface area contributed by atoms with Crippen molar-refractivity contribution in [2.45, 2.75) is 26.2 Å². The minimum atomic E-state index is -0.682. The smallest absolute Gasteiger partial charge is 0.274 e. The van der Waals surface area contributed by atoms with Gasteiger partial charge >= 0.3 is 6.03 Å². The van der Waals surface area contributed by atoms with Crippen LogP contribution in [0.15, 0.2) is 36.4 Å². The van der Waals surface area contributed by atoms with Crippen LogP contribution < -0.4 is 0 Å². The van der Waals surface area contributed by atoms with Crippen molar-refractivity contribution in [3.05, 3.63) is 69.7 Å². The van der Waals surface area contributed by atoms with Gasteiger partial charge in [0.15, 0.2) is 0 Å². The van der Waals surface area contributed by atoms with Gasteiger partial charge in [0, 0.05) is 13.1 Å². The Morgan fingerprint density at radius 3 is 1.90 bits per heavy atom. The molecule has 152 valence electrons. The highest BCUT2D eigenvalue weighted by atomic mass is 35.5. The Kier molecular flexibility index (Phi) is 6.27. The lowest BCUT2D eigenvalue weighted by Crippen LogP contribution is -2.55. The molecule has 2 aromatic carbocycles. The summed E-state index contributed by atoms with van der Waals surface area (Å²) in [7, 11) is 0. The molecule has 0 saturated carbocycles. The van der Waals surface area contributed by atoms with Crippen molar-refractivity contribution < 1.29 is 23.2 Å². The Hall–Kier alpha value is -2.80. The Balaban J connectivity index is 1.66. The molecule has 29 heavy (non-hydrogen) atoms. The summed E-state index contributed by atoms with van der Waals surface area (Å²) < 4.78 is 26.7. The fourth-order valence-electron chi connectivity index (χ4n) is 3.16. The van der Waals surface area contributed by atoms with E-state index >= 15 is 0 Å². The highest BCUT2D eigenvalue weighted by Crippen LogP contribution is 2.19. The molecule has 0 aliphatic carbocycles. The molecule has 0 unspecified atom stereocenters. The van der Waals surface area contributed by atoms with E-state index < -0.39 is 30.1 Å². The Morgan fingerprint density at radius 1 is 0.862 bits per heavy atom. The molecule has 1 fully saturated rings. The lowest BCUT2D eigenvalue weighted by atomic mass is 10.1. The van der Waals surface area contributed by atoms with E-state index in [1.165, 1.54) is 24.3 Å².